The van der Waals surface area contributed by atoms with Gasteiger partial charge in [-0.2, -0.15) is 0 Å². The number of rotatable bonds is 5. The van der Waals surface area contributed by atoms with Gasteiger partial charge in [-0.15, -0.1) is 0 Å². The number of guanidine groups is 1. The van der Waals surface area contributed by atoms with Crippen LogP contribution >= 0.6 is 0 Å². The summed E-state index contributed by atoms with van der Waals surface area (Å²) in [6, 6.07) is 0.0518. The van der Waals surface area contributed by atoms with E-state index in [9.17, 15) is 8.42 Å². The fraction of sp³-hybridized carbons (Fsp3) is 0.923. The summed E-state index contributed by atoms with van der Waals surface area (Å²) in [6.45, 7) is 6.91. The first-order valence-electron chi connectivity index (χ1n) is 7.18. The fourth-order valence-electron chi connectivity index (χ4n) is 2.71. The Labute approximate surface area is 122 Å². The highest BCUT2D eigenvalue weighted by molar-refractivity contribution is 7.89. The van der Waals surface area contributed by atoms with Crippen LogP contribution in [0.15, 0.2) is 0 Å². The van der Waals surface area contributed by atoms with E-state index < -0.39 is 10.0 Å². The zero-order valence-corrected chi connectivity index (χ0v) is 13.5. The SMILES string of the molecule is CC(C)(C)C1CCC(NS(=O)(=O)CCNC(=N)N)CC1. The van der Waals surface area contributed by atoms with Gasteiger partial charge in [0.1, 0.15) is 0 Å². The first-order chi connectivity index (χ1) is 9.10. The molecule has 0 radical (unpaired) electrons. The van der Waals surface area contributed by atoms with Crippen molar-refractivity contribution >= 4 is 16.0 Å². The van der Waals surface area contributed by atoms with Crippen LogP contribution in [0.25, 0.3) is 0 Å². The molecule has 20 heavy (non-hydrogen) atoms. The quantitative estimate of drug-likeness (QED) is 0.449. The Morgan fingerprint density at radius 2 is 1.80 bits per heavy atom. The van der Waals surface area contributed by atoms with Gasteiger partial charge in [-0.1, -0.05) is 20.8 Å². The molecule has 1 aliphatic carbocycles. The van der Waals surface area contributed by atoms with Gasteiger partial charge in [0.15, 0.2) is 5.96 Å². The van der Waals surface area contributed by atoms with Crippen molar-refractivity contribution < 1.29 is 8.42 Å². The summed E-state index contributed by atoms with van der Waals surface area (Å²) in [6.07, 6.45) is 3.95. The number of hydrogen-bond acceptors (Lipinski definition) is 3. The van der Waals surface area contributed by atoms with Gasteiger partial charge in [-0.3, -0.25) is 5.41 Å². The van der Waals surface area contributed by atoms with Gasteiger partial charge in [0.05, 0.1) is 5.75 Å². The molecule has 0 heterocycles. The van der Waals surface area contributed by atoms with E-state index in [1.165, 1.54) is 0 Å². The molecule has 1 saturated carbocycles. The van der Waals surface area contributed by atoms with Crippen LogP contribution < -0.4 is 15.8 Å². The summed E-state index contributed by atoms with van der Waals surface area (Å²) >= 11 is 0. The van der Waals surface area contributed by atoms with Crippen molar-refractivity contribution in [2.75, 3.05) is 12.3 Å². The largest absolute Gasteiger partial charge is 0.370 e. The summed E-state index contributed by atoms with van der Waals surface area (Å²) in [4.78, 5) is 0. The Kier molecular flexibility index (Phi) is 5.82. The molecular weight excluding hydrogens is 276 g/mol. The lowest BCUT2D eigenvalue weighted by Gasteiger charge is -2.37. The monoisotopic (exact) mass is 304 g/mol. The predicted octanol–water partition coefficient (Wildman–Crippen LogP) is 0.994. The highest BCUT2D eigenvalue weighted by Crippen LogP contribution is 2.37. The predicted molar refractivity (Wildman–Crippen MR) is 82.0 cm³/mol. The number of sulfonamides is 1. The lowest BCUT2D eigenvalue weighted by Crippen LogP contribution is -2.43. The van der Waals surface area contributed by atoms with Gasteiger partial charge >= 0.3 is 0 Å². The van der Waals surface area contributed by atoms with E-state index in [1.54, 1.807) is 0 Å². The molecule has 0 atom stereocenters. The molecule has 0 aromatic heterocycles. The molecule has 1 fully saturated rings. The number of hydrogen-bond donors (Lipinski definition) is 4. The van der Waals surface area contributed by atoms with Crippen molar-refractivity contribution in [3.05, 3.63) is 0 Å². The van der Waals surface area contributed by atoms with Crippen molar-refractivity contribution in [3.8, 4) is 0 Å². The second kappa shape index (κ2) is 6.76. The fourth-order valence-corrected chi connectivity index (χ4v) is 3.94. The maximum Gasteiger partial charge on any atom is 0.213 e. The number of nitrogens with two attached hydrogens (primary N) is 1. The summed E-state index contributed by atoms with van der Waals surface area (Å²) in [5.41, 5.74) is 5.42. The third-order valence-corrected chi connectivity index (χ3v) is 5.42. The van der Waals surface area contributed by atoms with Crippen LogP contribution in [0.2, 0.25) is 0 Å². The standard InChI is InChI=1S/C13H28N4O2S/c1-13(2,3)10-4-6-11(7-5-10)17-20(18,19)9-8-16-12(14)15/h10-11,17H,4-9H2,1-3H3,(H4,14,15,16). The van der Waals surface area contributed by atoms with Gasteiger partial charge in [-0.25, -0.2) is 13.1 Å². The molecule has 1 aliphatic rings. The summed E-state index contributed by atoms with van der Waals surface area (Å²) in [7, 11) is -3.29. The topological polar surface area (TPSA) is 108 Å². The summed E-state index contributed by atoms with van der Waals surface area (Å²) in [5, 5.41) is 9.49. The Balaban J connectivity index is 2.37. The Hall–Kier alpha value is -0.820. The average Bonchev–Trinajstić information content (AvgIpc) is 2.26. The van der Waals surface area contributed by atoms with Crippen LogP contribution in [0.4, 0.5) is 0 Å². The van der Waals surface area contributed by atoms with Crippen LogP contribution in [0.5, 0.6) is 0 Å². The number of nitrogens with one attached hydrogen (secondary N) is 3. The Bertz CT molecular complexity index is 420. The first kappa shape index (κ1) is 17.2. The summed E-state index contributed by atoms with van der Waals surface area (Å²) in [5.74, 6) is 0.416. The van der Waals surface area contributed by atoms with E-state index in [0.29, 0.717) is 11.3 Å². The minimum absolute atomic E-state index is 0.0498. The van der Waals surface area contributed by atoms with E-state index in [-0.39, 0.29) is 24.3 Å². The van der Waals surface area contributed by atoms with Crippen molar-refractivity contribution in [1.82, 2.24) is 10.0 Å². The van der Waals surface area contributed by atoms with E-state index in [0.717, 1.165) is 25.7 Å². The lowest BCUT2D eigenvalue weighted by molar-refractivity contribution is 0.166. The molecule has 0 saturated heterocycles. The van der Waals surface area contributed by atoms with Crippen LogP contribution in [0.3, 0.4) is 0 Å². The second-order valence-electron chi connectivity index (χ2n) is 6.69. The Morgan fingerprint density at radius 1 is 1.25 bits per heavy atom. The van der Waals surface area contributed by atoms with Crippen molar-refractivity contribution in [2.24, 2.45) is 17.1 Å². The molecule has 0 bridgehead atoms. The van der Waals surface area contributed by atoms with Crippen LogP contribution in [-0.2, 0) is 10.0 Å². The third kappa shape index (κ3) is 6.09. The highest BCUT2D eigenvalue weighted by atomic mass is 32.2. The van der Waals surface area contributed by atoms with E-state index in [4.69, 9.17) is 11.1 Å². The maximum absolute atomic E-state index is 11.9. The van der Waals surface area contributed by atoms with E-state index >= 15 is 0 Å². The molecule has 5 N–H and O–H groups in total. The molecular formula is C13H28N4O2S. The summed E-state index contributed by atoms with van der Waals surface area (Å²) < 4.78 is 26.6. The van der Waals surface area contributed by atoms with Gasteiger partial charge < -0.3 is 11.1 Å². The maximum atomic E-state index is 11.9. The van der Waals surface area contributed by atoms with Gasteiger partial charge in [-0.05, 0) is 37.0 Å². The Morgan fingerprint density at radius 3 is 2.25 bits per heavy atom. The highest BCUT2D eigenvalue weighted by Gasteiger charge is 2.31. The van der Waals surface area contributed by atoms with Crippen LogP contribution in [-0.4, -0.2) is 32.7 Å². The minimum atomic E-state index is -3.29. The van der Waals surface area contributed by atoms with Crippen molar-refractivity contribution in [2.45, 2.75) is 52.5 Å². The molecule has 6 nitrogen and oxygen atoms in total. The molecule has 0 unspecified atom stereocenters. The van der Waals surface area contributed by atoms with Gasteiger partial charge in [0.2, 0.25) is 10.0 Å². The smallest absolute Gasteiger partial charge is 0.213 e. The third-order valence-electron chi connectivity index (χ3n) is 3.98. The molecule has 0 aromatic carbocycles. The van der Waals surface area contributed by atoms with E-state index in [1.807, 2.05) is 0 Å². The zero-order valence-electron chi connectivity index (χ0n) is 12.7. The molecule has 0 aliphatic heterocycles. The normalized spacial score (nSPS) is 24.4. The molecule has 0 spiro atoms. The van der Waals surface area contributed by atoms with Crippen LogP contribution in [0.1, 0.15) is 46.5 Å². The molecule has 0 aromatic rings. The lowest BCUT2D eigenvalue weighted by atomic mass is 9.71. The van der Waals surface area contributed by atoms with Crippen molar-refractivity contribution in [1.29, 1.82) is 5.41 Å². The van der Waals surface area contributed by atoms with Gasteiger partial charge in [0, 0.05) is 12.6 Å². The van der Waals surface area contributed by atoms with Crippen LogP contribution in [0, 0.1) is 16.7 Å². The second-order valence-corrected chi connectivity index (χ2v) is 8.57. The first-order valence-corrected chi connectivity index (χ1v) is 8.83. The van der Waals surface area contributed by atoms with Gasteiger partial charge in [0.25, 0.3) is 0 Å². The molecule has 0 amide bonds. The minimum Gasteiger partial charge on any atom is -0.370 e. The zero-order chi connectivity index (χ0) is 15.4. The van der Waals surface area contributed by atoms with E-state index in [2.05, 4.69) is 30.8 Å². The van der Waals surface area contributed by atoms with Crippen molar-refractivity contribution in [3.63, 3.8) is 0 Å². The molecule has 1 rings (SSSR count). The average molecular weight is 304 g/mol. The molecule has 7 heteroatoms. The molecule has 118 valence electrons.